The minimum atomic E-state index is -0.424. The van der Waals surface area contributed by atoms with E-state index in [-0.39, 0.29) is 18.2 Å². The van der Waals surface area contributed by atoms with Gasteiger partial charge in [0.25, 0.3) is 5.69 Å². The first kappa shape index (κ1) is 17.8. The molecule has 1 amide bonds. The highest BCUT2D eigenvalue weighted by Gasteiger charge is 2.30. The summed E-state index contributed by atoms with van der Waals surface area (Å²) < 4.78 is 0. The first-order chi connectivity index (χ1) is 12.0. The number of hydrogen-bond donors (Lipinski definition) is 1. The average molecular weight is 347 g/mol. The van der Waals surface area contributed by atoms with Crippen molar-refractivity contribution in [2.45, 2.75) is 38.1 Å². The summed E-state index contributed by atoms with van der Waals surface area (Å²) >= 11 is 0. The molecule has 1 saturated carbocycles. The minimum absolute atomic E-state index is 0.00831. The second-order valence-corrected chi connectivity index (χ2v) is 7.14. The van der Waals surface area contributed by atoms with Crippen LogP contribution in [0.4, 0.5) is 11.4 Å². The SMILES string of the molecule is CN(CC(=O)N1CCc2ccc([N+](=O)[O-])cc21)C1CCC(CO)CC1. The highest BCUT2D eigenvalue weighted by Crippen LogP contribution is 2.32. The number of fused-ring (bicyclic) bond motifs is 1. The van der Waals surface area contributed by atoms with Gasteiger partial charge in [-0.15, -0.1) is 0 Å². The van der Waals surface area contributed by atoms with Crippen molar-refractivity contribution in [2.24, 2.45) is 5.92 Å². The van der Waals surface area contributed by atoms with Crippen LogP contribution in [0.2, 0.25) is 0 Å². The fourth-order valence-corrected chi connectivity index (χ4v) is 3.94. The van der Waals surface area contributed by atoms with E-state index in [1.54, 1.807) is 11.0 Å². The Morgan fingerprint density at radius 1 is 1.36 bits per heavy atom. The van der Waals surface area contributed by atoms with Gasteiger partial charge in [0, 0.05) is 31.3 Å². The van der Waals surface area contributed by atoms with Crippen LogP contribution in [0.25, 0.3) is 0 Å². The molecule has 1 aromatic carbocycles. The van der Waals surface area contributed by atoms with Gasteiger partial charge in [-0.2, -0.15) is 0 Å². The number of nitrogens with zero attached hydrogens (tertiary/aromatic N) is 3. The Kier molecular flexibility index (Phi) is 5.34. The van der Waals surface area contributed by atoms with E-state index in [4.69, 9.17) is 0 Å². The molecular weight excluding hydrogens is 322 g/mol. The number of amides is 1. The Balaban J connectivity index is 1.63. The summed E-state index contributed by atoms with van der Waals surface area (Å²) in [5, 5.41) is 20.2. The number of hydrogen-bond acceptors (Lipinski definition) is 5. The lowest BCUT2D eigenvalue weighted by atomic mass is 9.86. The van der Waals surface area contributed by atoms with Gasteiger partial charge in [0.2, 0.25) is 5.91 Å². The monoisotopic (exact) mass is 347 g/mol. The zero-order valence-electron chi connectivity index (χ0n) is 14.6. The number of aliphatic hydroxyl groups excluding tert-OH is 1. The number of aliphatic hydroxyl groups is 1. The molecule has 1 N–H and O–H groups in total. The van der Waals surface area contributed by atoms with E-state index >= 15 is 0 Å². The van der Waals surface area contributed by atoms with Gasteiger partial charge in [0.1, 0.15) is 0 Å². The van der Waals surface area contributed by atoms with Crippen molar-refractivity contribution in [1.82, 2.24) is 4.90 Å². The number of nitro groups is 1. The maximum absolute atomic E-state index is 12.7. The Labute approximate surface area is 147 Å². The van der Waals surface area contributed by atoms with Crippen molar-refractivity contribution in [1.29, 1.82) is 0 Å². The number of benzene rings is 1. The van der Waals surface area contributed by atoms with Gasteiger partial charge in [-0.25, -0.2) is 0 Å². The summed E-state index contributed by atoms with van der Waals surface area (Å²) in [6, 6.07) is 5.12. The second kappa shape index (κ2) is 7.49. The van der Waals surface area contributed by atoms with Crippen LogP contribution >= 0.6 is 0 Å². The number of rotatable bonds is 5. The summed E-state index contributed by atoms with van der Waals surface area (Å²) in [7, 11) is 1.96. The van der Waals surface area contributed by atoms with Crippen LogP contribution in [0.5, 0.6) is 0 Å². The molecule has 3 rings (SSSR count). The van der Waals surface area contributed by atoms with Gasteiger partial charge in [-0.3, -0.25) is 19.8 Å². The summed E-state index contributed by atoms with van der Waals surface area (Å²) in [6.45, 7) is 1.15. The number of carbonyl (C=O) groups excluding carboxylic acids is 1. The summed E-state index contributed by atoms with van der Waals surface area (Å²) in [4.78, 5) is 27.1. The van der Waals surface area contributed by atoms with Crippen LogP contribution in [0.15, 0.2) is 18.2 Å². The number of nitro benzene ring substituents is 1. The Morgan fingerprint density at radius 3 is 2.72 bits per heavy atom. The highest BCUT2D eigenvalue weighted by atomic mass is 16.6. The topological polar surface area (TPSA) is 86.9 Å². The molecule has 7 heteroatoms. The maximum atomic E-state index is 12.7. The van der Waals surface area contributed by atoms with Crippen LogP contribution in [0, 0.1) is 16.0 Å². The highest BCUT2D eigenvalue weighted by molar-refractivity contribution is 5.97. The fraction of sp³-hybridized carbons (Fsp3) is 0.611. The number of carbonyl (C=O) groups is 1. The molecule has 136 valence electrons. The van der Waals surface area contributed by atoms with Gasteiger partial charge >= 0.3 is 0 Å². The molecule has 1 aliphatic heterocycles. The molecule has 0 bridgehead atoms. The Morgan fingerprint density at radius 2 is 2.08 bits per heavy atom. The van der Waals surface area contributed by atoms with Crippen molar-refractivity contribution >= 4 is 17.3 Å². The van der Waals surface area contributed by atoms with Crippen molar-refractivity contribution in [2.75, 3.05) is 31.6 Å². The molecule has 0 saturated heterocycles. The van der Waals surface area contributed by atoms with Crippen molar-refractivity contribution in [3.63, 3.8) is 0 Å². The lowest BCUT2D eigenvalue weighted by molar-refractivity contribution is -0.384. The molecule has 1 aromatic rings. The molecule has 0 spiro atoms. The predicted molar refractivity (Wildman–Crippen MR) is 94.6 cm³/mol. The van der Waals surface area contributed by atoms with Crippen LogP contribution in [0.1, 0.15) is 31.2 Å². The van der Waals surface area contributed by atoms with Gasteiger partial charge < -0.3 is 10.0 Å². The standard InChI is InChI=1S/C18H25N3O4/c1-19(15-5-2-13(12-22)3-6-15)11-18(23)20-9-8-14-4-7-16(21(24)25)10-17(14)20/h4,7,10,13,15,22H,2-3,5-6,8-9,11-12H2,1H3. The lowest BCUT2D eigenvalue weighted by Gasteiger charge is -2.34. The van der Waals surface area contributed by atoms with Crippen molar-refractivity contribution < 1.29 is 14.8 Å². The van der Waals surface area contributed by atoms with Gasteiger partial charge in [0.15, 0.2) is 0 Å². The molecule has 1 fully saturated rings. The average Bonchev–Trinajstić information content (AvgIpc) is 3.04. The lowest BCUT2D eigenvalue weighted by Crippen LogP contribution is -2.43. The third-order valence-electron chi connectivity index (χ3n) is 5.56. The molecule has 2 aliphatic rings. The zero-order valence-corrected chi connectivity index (χ0v) is 14.6. The van der Waals surface area contributed by atoms with E-state index in [9.17, 15) is 20.0 Å². The molecular formula is C18H25N3O4. The van der Waals surface area contributed by atoms with E-state index in [1.165, 1.54) is 12.1 Å². The zero-order chi connectivity index (χ0) is 18.0. The van der Waals surface area contributed by atoms with Crippen LogP contribution in [-0.2, 0) is 11.2 Å². The summed E-state index contributed by atoms with van der Waals surface area (Å²) in [5.74, 6) is 0.386. The number of likely N-dealkylation sites (N-methyl/N-ethyl adjacent to an activating group) is 1. The van der Waals surface area contributed by atoms with Crippen molar-refractivity contribution in [3.8, 4) is 0 Å². The quantitative estimate of drug-likeness (QED) is 0.650. The van der Waals surface area contributed by atoms with E-state index in [0.717, 1.165) is 37.7 Å². The van der Waals surface area contributed by atoms with Crippen LogP contribution in [0.3, 0.4) is 0 Å². The third-order valence-corrected chi connectivity index (χ3v) is 5.56. The third kappa shape index (κ3) is 3.82. The molecule has 0 radical (unpaired) electrons. The van der Waals surface area contributed by atoms with Crippen LogP contribution in [-0.4, -0.2) is 53.6 Å². The van der Waals surface area contributed by atoms with Gasteiger partial charge in [-0.05, 0) is 50.6 Å². The number of non-ortho nitro benzene ring substituents is 1. The fourth-order valence-electron chi connectivity index (χ4n) is 3.94. The van der Waals surface area contributed by atoms with Gasteiger partial charge in [-0.1, -0.05) is 6.07 Å². The smallest absolute Gasteiger partial charge is 0.271 e. The first-order valence-electron chi connectivity index (χ1n) is 8.88. The van der Waals surface area contributed by atoms with Gasteiger partial charge in [0.05, 0.1) is 17.2 Å². The largest absolute Gasteiger partial charge is 0.396 e. The van der Waals surface area contributed by atoms with Crippen LogP contribution < -0.4 is 4.90 Å². The number of anilines is 1. The molecule has 1 aliphatic carbocycles. The van der Waals surface area contributed by atoms with E-state index in [1.807, 2.05) is 7.05 Å². The molecule has 0 aromatic heterocycles. The predicted octanol–water partition coefficient (Wildman–Crippen LogP) is 1.97. The van der Waals surface area contributed by atoms with E-state index in [2.05, 4.69) is 4.90 Å². The first-order valence-corrected chi connectivity index (χ1v) is 8.88. The Hall–Kier alpha value is -1.99. The summed E-state index contributed by atoms with van der Waals surface area (Å²) in [6.07, 6.45) is 4.73. The minimum Gasteiger partial charge on any atom is -0.396 e. The summed E-state index contributed by atoms with van der Waals surface area (Å²) in [5.41, 5.74) is 1.69. The maximum Gasteiger partial charge on any atom is 0.271 e. The molecule has 0 unspecified atom stereocenters. The molecule has 25 heavy (non-hydrogen) atoms. The molecule has 0 atom stereocenters. The molecule has 7 nitrogen and oxygen atoms in total. The van der Waals surface area contributed by atoms with E-state index in [0.29, 0.717) is 30.7 Å². The second-order valence-electron chi connectivity index (χ2n) is 7.14. The molecule has 1 heterocycles. The normalized spacial score (nSPS) is 22.9. The van der Waals surface area contributed by atoms with Crippen molar-refractivity contribution in [3.05, 3.63) is 33.9 Å². The van der Waals surface area contributed by atoms with E-state index < -0.39 is 4.92 Å². The Bertz CT molecular complexity index is 656.